The molecule has 0 heterocycles. The number of esters is 2. The van der Waals surface area contributed by atoms with Crippen molar-refractivity contribution in [2.45, 2.75) is 37.9 Å². The molecule has 0 spiro atoms. The Kier molecular flexibility index (Phi) is 2.52. The first-order chi connectivity index (χ1) is 6.74. The Morgan fingerprint density at radius 2 is 1.21 bits per heavy atom. The van der Waals surface area contributed by atoms with Gasteiger partial charge in [0.25, 0.3) is 0 Å². The highest BCUT2D eigenvalue weighted by molar-refractivity contribution is 5.91. The van der Waals surface area contributed by atoms with E-state index in [4.69, 9.17) is 9.47 Å². The number of hydrogen-bond acceptors (Lipinski definition) is 4. The lowest BCUT2D eigenvalue weighted by molar-refractivity contribution is -0.141. The molecule has 14 heavy (non-hydrogen) atoms. The van der Waals surface area contributed by atoms with Crippen LogP contribution in [0.3, 0.4) is 0 Å². The summed E-state index contributed by atoms with van der Waals surface area (Å²) < 4.78 is 9.80. The minimum atomic E-state index is -0.458. The summed E-state index contributed by atoms with van der Waals surface area (Å²) in [5, 5.41) is 0. The van der Waals surface area contributed by atoms with Crippen LogP contribution in [0, 0.1) is 0 Å². The van der Waals surface area contributed by atoms with E-state index in [1.165, 1.54) is 0 Å². The van der Waals surface area contributed by atoms with E-state index in [9.17, 15) is 9.59 Å². The molecule has 76 valence electrons. The van der Waals surface area contributed by atoms with Gasteiger partial charge in [-0.15, -0.1) is 0 Å². The molecule has 0 saturated heterocycles. The van der Waals surface area contributed by atoms with Crippen LogP contribution in [0.15, 0.2) is 12.2 Å². The second-order valence-electron chi connectivity index (χ2n) is 3.61. The van der Waals surface area contributed by atoms with Crippen molar-refractivity contribution in [3.63, 3.8) is 0 Å². The van der Waals surface area contributed by atoms with Crippen LogP contribution in [0.2, 0.25) is 0 Å². The van der Waals surface area contributed by atoms with Crippen LogP contribution >= 0.6 is 0 Å². The van der Waals surface area contributed by atoms with E-state index < -0.39 is 11.9 Å². The maximum atomic E-state index is 11.0. The van der Waals surface area contributed by atoms with Crippen LogP contribution in [-0.4, -0.2) is 24.1 Å². The maximum absolute atomic E-state index is 11.0. The molecule has 0 aromatic rings. The van der Waals surface area contributed by atoms with Gasteiger partial charge in [-0.25, -0.2) is 9.59 Å². The molecule has 0 unspecified atom stereocenters. The SMILES string of the molecule is O=C(C=CC(=O)OC1CC1)OC1CC1. The van der Waals surface area contributed by atoms with E-state index in [-0.39, 0.29) is 12.2 Å². The van der Waals surface area contributed by atoms with Crippen molar-refractivity contribution >= 4 is 11.9 Å². The second kappa shape index (κ2) is 3.82. The maximum Gasteiger partial charge on any atom is 0.331 e. The van der Waals surface area contributed by atoms with E-state index in [0.29, 0.717) is 0 Å². The van der Waals surface area contributed by atoms with Gasteiger partial charge in [0.15, 0.2) is 0 Å². The smallest absolute Gasteiger partial charge is 0.331 e. The Labute approximate surface area is 81.9 Å². The molecule has 4 heteroatoms. The van der Waals surface area contributed by atoms with Crippen LogP contribution in [0.25, 0.3) is 0 Å². The first-order valence-electron chi connectivity index (χ1n) is 4.83. The number of carbonyl (C=O) groups excluding carboxylic acids is 2. The van der Waals surface area contributed by atoms with Crippen LogP contribution < -0.4 is 0 Å². The van der Waals surface area contributed by atoms with E-state index in [0.717, 1.165) is 37.8 Å². The van der Waals surface area contributed by atoms with Gasteiger partial charge in [0, 0.05) is 12.2 Å². The van der Waals surface area contributed by atoms with Crippen molar-refractivity contribution in [3.05, 3.63) is 12.2 Å². The third-order valence-electron chi connectivity index (χ3n) is 1.97. The van der Waals surface area contributed by atoms with Gasteiger partial charge in [-0.3, -0.25) is 0 Å². The molecule has 4 nitrogen and oxygen atoms in total. The Morgan fingerprint density at radius 3 is 1.50 bits per heavy atom. The standard InChI is InChI=1S/C10H12O4/c11-9(13-7-1-2-7)5-6-10(12)14-8-3-4-8/h5-8H,1-4H2. The summed E-state index contributed by atoms with van der Waals surface area (Å²) >= 11 is 0. The minimum absolute atomic E-state index is 0.0756. The van der Waals surface area contributed by atoms with E-state index in [2.05, 4.69) is 0 Å². The fourth-order valence-electron chi connectivity index (χ4n) is 0.915. The zero-order valence-electron chi connectivity index (χ0n) is 7.77. The van der Waals surface area contributed by atoms with Gasteiger partial charge in [-0.05, 0) is 25.7 Å². The molecule has 0 bridgehead atoms. The highest BCUT2D eigenvalue weighted by atomic mass is 16.6. The molecule has 0 N–H and O–H groups in total. The fourth-order valence-corrected chi connectivity index (χ4v) is 0.915. The average molecular weight is 196 g/mol. The van der Waals surface area contributed by atoms with Gasteiger partial charge in [0.05, 0.1) is 0 Å². The molecule has 2 saturated carbocycles. The van der Waals surface area contributed by atoms with Crippen LogP contribution in [0.5, 0.6) is 0 Å². The van der Waals surface area contributed by atoms with Crippen molar-refractivity contribution in [2.24, 2.45) is 0 Å². The fraction of sp³-hybridized carbons (Fsp3) is 0.600. The van der Waals surface area contributed by atoms with Gasteiger partial charge < -0.3 is 9.47 Å². The lowest BCUT2D eigenvalue weighted by Crippen LogP contribution is -2.06. The third kappa shape index (κ3) is 3.20. The summed E-state index contributed by atoms with van der Waals surface area (Å²) in [4.78, 5) is 22.0. The van der Waals surface area contributed by atoms with Crippen molar-refractivity contribution in [1.29, 1.82) is 0 Å². The number of ether oxygens (including phenoxy) is 2. The summed E-state index contributed by atoms with van der Waals surface area (Å²) in [5.74, 6) is -0.916. The Hall–Kier alpha value is -1.32. The highest BCUT2D eigenvalue weighted by Crippen LogP contribution is 2.24. The third-order valence-corrected chi connectivity index (χ3v) is 1.97. The molecule has 0 aromatic carbocycles. The average Bonchev–Trinajstić information content (AvgIpc) is 2.96. The molecule has 0 radical (unpaired) electrons. The molecule has 2 aliphatic carbocycles. The van der Waals surface area contributed by atoms with Crippen molar-refractivity contribution in [3.8, 4) is 0 Å². The first-order valence-corrected chi connectivity index (χ1v) is 4.83. The first kappa shape index (κ1) is 9.24. The summed E-state index contributed by atoms with van der Waals surface area (Å²) in [6, 6.07) is 0. The lowest BCUT2D eigenvalue weighted by atomic mass is 10.5. The minimum Gasteiger partial charge on any atom is -0.459 e. The van der Waals surface area contributed by atoms with Crippen molar-refractivity contribution in [2.75, 3.05) is 0 Å². The molecule has 0 amide bonds. The Balaban J connectivity index is 1.67. The summed E-state index contributed by atoms with van der Waals surface area (Å²) in [6.07, 6.45) is 6.15. The normalized spacial score (nSPS) is 20.9. The van der Waals surface area contributed by atoms with Crippen LogP contribution in [-0.2, 0) is 19.1 Å². The van der Waals surface area contributed by atoms with Gasteiger partial charge >= 0.3 is 11.9 Å². The molecule has 2 aliphatic rings. The van der Waals surface area contributed by atoms with E-state index >= 15 is 0 Å². The van der Waals surface area contributed by atoms with Crippen molar-refractivity contribution in [1.82, 2.24) is 0 Å². The molecular formula is C10H12O4. The van der Waals surface area contributed by atoms with Crippen LogP contribution in [0.4, 0.5) is 0 Å². The highest BCUT2D eigenvalue weighted by Gasteiger charge is 2.26. The quantitative estimate of drug-likeness (QED) is 0.496. The number of rotatable bonds is 4. The summed E-state index contributed by atoms with van der Waals surface area (Å²) in [6.45, 7) is 0. The number of carbonyl (C=O) groups is 2. The Morgan fingerprint density at radius 1 is 0.857 bits per heavy atom. The van der Waals surface area contributed by atoms with Crippen LogP contribution in [0.1, 0.15) is 25.7 Å². The molecule has 0 aromatic heterocycles. The predicted octanol–water partition coefficient (Wildman–Crippen LogP) is 0.954. The zero-order chi connectivity index (χ0) is 9.97. The molecule has 2 rings (SSSR count). The van der Waals surface area contributed by atoms with E-state index in [1.807, 2.05) is 0 Å². The van der Waals surface area contributed by atoms with Gasteiger partial charge in [0.1, 0.15) is 12.2 Å². The summed E-state index contributed by atoms with van der Waals surface area (Å²) in [5.41, 5.74) is 0. The second-order valence-corrected chi connectivity index (χ2v) is 3.61. The zero-order valence-corrected chi connectivity index (χ0v) is 7.77. The van der Waals surface area contributed by atoms with E-state index in [1.54, 1.807) is 0 Å². The Bertz CT molecular complexity index is 246. The predicted molar refractivity (Wildman–Crippen MR) is 47.4 cm³/mol. The number of hydrogen-bond donors (Lipinski definition) is 0. The summed E-state index contributed by atoms with van der Waals surface area (Å²) in [7, 11) is 0. The van der Waals surface area contributed by atoms with Gasteiger partial charge in [-0.2, -0.15) is 0 Å². The monoisotopic (exact) mass is 196 g/mol. The molecule has 0 aliphatic heterocycles. The van der Waals surface area contributed by atoms with Gasteiger partial charge in [0.2, 0.25) is 0 Å². The van der Waals surface area contributed by atoms with Gasteiger partial charge in [-0.1, -0.05) is 0 Å². The molecular weight excluding hydrogens is 184 g/mol. The largest absolute Gasteiger partial charge is 0.459 e. The van der Waals surface area contributed by atoms with Crippen molar-refractivity contribution < 1.29 is 19.1 Å². The lowest BCUT2D eigenvalue weighted by Gasteiger charge is -1.97. The molecule has 0 atom stereocenters. The molecule has 2 fully saturated rings. The topological polar surface area (TPSA) is 52.6 Å².